The predicted molar refractivity (Wildman–Crippen MR) is 102 cm³/mol. The second-order valence-corrected chi connectivity index (χ2v) is 8.52. The van der Waals surface area contributed by atoms with Gasteiger partial charge in [0, 0.05) is 37.5 Å². The summed E-state index contributed by atoms with van der Waals surface area (Å²) in [6.45, 7) is 4.71. The Morgan fingerprint density at radius 3 is 2.54 bits per heavy atom. The number of carbonyl (C=O) groups excluding carboxylic acids is 2. The number of piperidine rings is 2. The van der Waals surface area contributed by atoms with Gasteiger partial charge >= 0.3 is 0 Å². The Hall–Kier alpha value is -1.84. The summed E-state index contributed by atoms with van der Waals surface area (Å²) in [6.07, 6.45) is 7.67. The fourth-order valence-electron chi connectivity index (χ4n) is 4.70. The molecule has 0 unspecified atom stereocenters. The molecule has 1 saturated carbocycles. The van der Waals surface area contributed by atoms with Crippen molar-refractivity contribution in [3.63, 3.8) is 0 Å². The third-order valence-electron chi connectivity index (χ3n) is 6.48. The van der Waals surface area contributed by atoms with E-state index in [1.54, 1.807) is 0 Å². The van der Waals surface area contributed by atoms with Crippen molar-refractivity contribution in [2.75, 3.05) is 19.6 Å². The summed E-state index contributed by atoms with van der Waals surface area (Å²) in [5.74, 6) is 0.570. The minimum atomic E-state index is 0.135. The topological polar surface area (TPSA) is 40.6 Å². The van der Waals surface area contributed by atoms with Gasteiger partial charge in [-0.25, -0.2) is 0 Å². The zero-order valence-electron chi connectivity index (χ0n) is 15.9. The highest BCUT2D eigenvalue weighted by atomic mass is 16.2. The smallest absolute Gasteiger partial charge is 0.227 e. The Morgan fingerprint density at radius 2 is 1.85 bits per heavy atom. The molecule has 1 aliphatic carbocycles. The number of likely N-dealkylation sites (tertiary alicyclic amines) is 2. The highest BCUT2D eigenvalue weighted by Gasteiger charge is 2.46. The first kappa shape index (κ1) is 17.6. The van der Waals surface area contributed by atoms with Crippen molar-refractivity contribution in [3.05, 3.63) is 35.4 Å². The maximum Gasteiger partial charge on any atom is 0.227 e. The van der Waals surface area contributed by atoms with Crippen molar-refractivity contribution >= 4 is 11.8 Å². The van der Waals surface area contributed by atoms with E-state index in [1.807, 2.05) is 0 Å². The molecule has 3 aliphatic rings. The molecule has 3 fully saturated rings. The molecule has 0 bridgehead atoms. The summed E-state index contributed by atoms with van der Waals surface area (Å²) < 4.78 is 0. The minimum absolute atomic E-state index is 0.135. The van der Waals surface area contributed by atoms with Gasteiger partial charge in [-0.15, -0.1) is 0 Å². The van der Waals surface area contributed by atoms with Crippen LogP contribution in [0.1, 0.15) is 56.6 Å². The van der Waals surface area contributed by atoms with Gasteiger partial charge in [-0.3, -0.25) is 9.59 Å². The van der Waals surface area contributed by atoms with Crippen LogP contribution in [0.15, 0.2) is 24.3 Å². The molecule has 1 aromatic rings. The average Bonchev–Trinajstić information content (AvgIpc) is 3.50. The lowest BCUT2D eigenvalue weighted by Crippen LogP contribution is -2.55. The van der Waals surface area contributed by atoms with Gasteiger partial charge in [0.15, 0.2) is 0 Å². The molecule has 0 N–H and O–H groups in total. The van der Waals surface area contributed by atoms with Crippen molar-refractivity contribution in [3.8, 4) is 0 Å². The van der Waals surface area contributed by atoms with E-state index in [0.29, 0.717) is 24.8 Å². The summed E-state index contributed by atoms with van der Waals surface area (Å²) in [4.78, 5) is 29.3. The molecule has 0 radical (unpaired) electrons. The van der Waals surface area contributed by atoms with Crippen LogP contribution in [0.25, 0.3) is 0 Å². The number of benzene rings is 1. The Morgan fingerprint density at radius 1 is 1.12 bits per heavy atom. The lowest BCUT2D eigenvalue weighted by molar-refractivity contribution is -0.143. The predicted octanol–water partition coefficient (Wildman–Crippen LogP) is 3.19. The van der Waals surface area contributed by atoms with Gasteiger partial charge in [-0.2, -0.15) is 0 Å². The van der Waals surface area contributed by atoms with Crippen LogP contribution in [0.4, 0.5) is 0 Å². The van der Waals surface area contributed by atoms with Crippen LogP contribution in [0.5, 0.6) is 0 Å². The number of amides is 2. The number of hydrogen-bond donors (Lipinski definition) is 0. The molecule has 1 aromatic carbocycles. The minimum Gasteiger partial charge on any atom is -0.342 e. The lowest BCUT2D eigenvalue weighted by atomic mass is 9.73. The van der Waals surface area contributed by atoms with Gasteiger partial charge in [-0.05, 0) is 49.7 Å². The zero-order chi connectivity index (χ0) is 18.1. The number of aryl methyl sites for hydroxylation is 1. The van der Waals surface area contributed by atoms with Crippen LogP contribution >= 0.6 is 0 Å². The third-order valence-corrected chi connectivity index (χ3v) is 6.48. The van der Waals surface area contributed by atoms with E-state index in [-0.39, 0.29) is 11.3 Å². The normalized spacial score (nSPS) is 26.4. The molecule has 140 valence electrons. The molecule has 4 rings (SSSR count). The largest absolute Gasteiger partial charge is 0.342 e. The molecule has 4 nitrogen and oxygen atoms in total. The van der Waals surface area contributed by atoms with Crippen LogP contribution in [-0.2, 0) is 22.4 Å². The quantitative estimate of drug-likeness (QED) is 0.833. The molecular formula is C22H30N2O2. The molecule has 0 aromatic heterocycles. The maximum absolute atomic E-state index is 12.9. The molecule has 4 heteroatoms. The highest BCUT2D eigenvalue weighted by molar-refractivity contribution is 5.80. The molecule has 2 amide bonds. The van der Waals surface area contributed by atoms with Crippen molar-refractivity contribution in [2.24, 2.45) is 5.41 Å². The van der Waals surface area contributed by atoms with Crippen LogP contribution in [0.3, 0.4) is 0 Å². The van der Waals surface area contributed by atoms with E-state index in [2.05, 4.69) is 41.0 Å². The summed E-state index contributed by atoms with van der Waals surface area (Å²) in [5.41, 5.74) is 2.55. The first-order valence-electron chi connectivity index (χ1n) is 10.2. The highest BCUT2D eigenvalue weighted by Crippen LogP contribution is 2.42. The van der Waals surface area contributed by atoms with Gasteiger partial charge in [0.2, 0.25) is 11.8 Å². The zero-order valence-corrected chi connectivity index (χ0v) is 15.9. The molecule has 1 spiro atoms. The fraction of sp³-hybridized carbons (Fsp3) is 0.636. The Labute approximate surface area is 156 Å². The van der Waals surface area contributed by atoms with Crippen molar-refractivity contribution < 1.29 is 9.59 Å². The van der Waals surface area contributed by atoms with Gasteiger partial charge in [0.05, 0.1) is 6.42 Å². The van der Waals surface area contributed by atoms with E-state index in [9.17, 15) is 9.59 Å². The van der Waals surface area contributed by atoms with Crippen LogP contribution in [0.2, 0.25) is 0 Å². The number of carbonyl (C=O) groups is 2. The van der Waals surface area contributed by atoms with E-state index < -0.39 is 0 Å². The summed E-state index contributed by atoms with van der Waals surface area (Å²) in [6, 6.07) is 8.92. The number of nitrogens with zero attached hydrogens (tertiary/aromatic N) is 2. The summed E-state index contributed by atoms with van der Waals surface area (Å²) in [7, 11) is 0. The first-order valence-corrected chi connectivity index (χ1v) is 10.2. The first-order chi connectivity index (χ1) is 12.6. The van der Waals surface area contributed by atoms with Gasteiger partial charge in [0.25, 0.3) is 0 Å². The molecule has 2 heterocycles. The summed E-state index contributed by atoms with van der Waals surface area (Å²) in [5, 5.41) is 0. The van der Waals surface area contributed by atoms with E-state index in [1.165, 1.54) is 5.56 Å². The second kappa shape index (κ2) is 7.05. The summed E-state index contributed by atoms with van der Waals surface area (Å²) >= 11 is 0. The van der Waals surface area contributed by atoms with Crippen molar-refractivity contribution in [2.45, 2.75) is 64.3 Å². The van der Waals surface area contributed by atoms with Crippen molar-refractivity contribution in [1.82, 2.24) is 9.80 Å². The van der Waals surface area contributed by atoms with Crippen LogP contribution in [0, 0.1) is 5.41 Å². The molecule has 1 atom stereocenters. The molecule has 26 heavy (non-hydrogen) atoms. The van der Waals surface area contributed by atoms with E-state index in [0.717, 1.165) is 63.7 Å². The maximum atomic E-state index is 12.9. The second-order valence-electron chi connectivity index (χ2n) is 8.52. The number of rotatable bonds is 4. The third kappa shape index (κ3) is 3.65. The monoisotopic (exact) mass is 354 g/mol. The van der Waals surface area contributed by atoms with Crippen LogP contribution in [-0.4, -0.2) is 47.3 Å². The number of hydrogen-bond acceptors (Lipinski definition) is 2. The van der Waals surface area contributed by atoms with Crippen LogP contribution < -0.4 is 0 Å². The molecular weight excluding hydrogens is 324 g/mol. The Bertz CT molecular complexity index is 680. The molecule has 2 saturated heterocycles. The average molecular weight is 354 g/mol. The lowest BCUT2D eigenvalue weighted by Gasteiger charge is -2.48. The Balaban J connectivity index is 1.40. The van der Waals surface area contributed by atoms with Crippen molar-refractivity contribution in [1.29, 1.82) is 0 Å². The van der Waals surface area contributed by atoms with Gasteiger partial charge in [0.1, 0.15) is 0 Å². The molecule has 2 aliphatic heterocycles. The fourth-order valence-corrected chi connectivity index (χ4v) is 4.70. The van der Waals surface area contributed by atoms with Gasteiger partial charge in [-0.1, -0.05) is 31.2 Å². The van der Waals surface area contributed by atoms with Gasteiger partial charge < -0.3 is 9.80 Å². The SMILES string of the molecule is CCc1ccc(CC(=O)N2CCC[C@]3(CCC(=O)N(C4CC4)C3)C2)cc1. The standard InChI is InChI=1S/C22H30N2O2/c1-2-17-4-6-18(7-5-17)14-21(26)23-13-3-11-22(15-23)12-10-20(25)24(16-22)19-8-9-19/h4-7,19H,2-3,8-16H2,1H3/t22-/m0/s1. The van der Waals surface area contributed by atoms with E-state index in [4.69, 9.17) is 0 Å². The van der Waals surface area contributed by atoms with E-state index >= 15 is 0 Å². The Kier molecular flexibility index (Phi) is 4.76.